The molecule has 0 heterocycles. The number of nitro benzene ring substituents is 1. The van der Waals surface area contributed by atoms with Crippen LogP contribution in [0.2, 0.25) is 0 Å². The minimum atomic E-state index is -0.454. The number of carbonyl (C=O) groups excluding carboxylic acids is 1. The first-order chi connectivity index (χ1) is 10.6. The summed E-state index contributed by atoms with van der Waals surface area (Å²) in [4.78, 5) is 24.2. The molecule has 0 bridgehead atoms. The Bertz CT molecular complexity index is 525. The Morgan fingerprint density at radius 1 is 1.36 bits per heavy atom. The van der Waals surface area contributed by atoms with E-state index in [1.807, 2.05) is 0 Å². The van der Waals surface area contributed by atoms with Crippen LogP contribution in [0.5, 0.6) is 0 Å². The Balaban J connectivity index is 2.38. The van der Waals surface area contributed by atoms with Gasteiger partial charge < -0.3 is 10.2 Å². The third-order valence-electron chi connectivity index (χ3n) is 3.35. The lowest BCUT2D eigenvalue weighted by atomic mass is 10.2. The van der Waals surface area contributed by atoms with Gasteiger partial charge in [0, 0.05) is 24.8 Å². The zero-order chi connectivity index (χ0) is 16.4. The molecule has 0 radical (unpaired) electrons. The summed E-state index contributed by atoms with van der Waals surface area (Å²) in [6.07, 6.45) is 3.88. The van der Waals surface area contributed by atoms with Crippen LogP contribution in [0.25, 0.3) is 6.08 Å². The normalized spacial score (nSPS) is 11.0. The number of nitrogens with one attached hydrogen (secondary N) is 1. The van der Waals surface area contributed by atoms with Crippen LogP contribution >= 0.6 is 0 Å². The van der Waals surface area contributed by atoms with E-state index in [-0.39, 0.29) is 11.6 Å². The minimum Gasteiger partial charge on any atom is -0.353 e. The molecule has 1 N–H and O–H groups in total. The highest BCUT2D eigenvalue weighted by Gasteiger charge is 2.04. The number of hydrogen-bond donors (Lipinski definition) is 1. The zero-order valence-corrected chi connectivity index (χ0v) is 13.1. The van der Waals surface area contributed by atoms with Gasteiger partial charge in [-0.3, -0.25) is 14.9 Å². The van der Waals surface area contributed by atoms with Crippen LogP contribution < -0.4 is 5.32 Å². The van der Waals surface area contributed by atoms with Crippen molar-refractivity contribution in [3.8, 4) is 0 Å². The molecule has 1 rings (SSSR count). The van der Waals surface area contributed by atoms with Crippen LogP contribution in [0.4, 0.5) is 5.69 Å². The van der Waals surface area contributed by atoms with Crippen molar-refractivity contribution in [3.05, 3.63) is 46.0 Å². The number of nitrogens with zero attached hydrogens (tertiary/aromatic N) is 2. The van der Waals surface area contributed by atoms with Gasteiger partial charge in [0.25, 0.3) is 5.69 Å². The average Bonchev–Trinajstić information content (AvgIpc) is 2.53. The van der Waals surface area contributed by atoms with E-state index in [0.717, 1.165) is 26.1 Å². The lowest BCUT2D eigenvalue weighted by Gasteiger charge is -2.17. The van der Waals surface area contributed by atoms with Crippen LogP contribution in [-0.4, -0.2) is 41.9 Å². The first-order valence-corrected chi connectivity index (χ1v) is 7.49. The van der Waals surface area contributed by atoms with Crippen LogP contribution in [0.3, 0.4) is 0 Å². The van der Waals surface area contributed by atoms with Gasteiger partial charge in [-0.1, -0.05) is 26.0 Å². The SMILES string of the molecule is CCN(CC)CCCNC(=O)/C=C/c1cccc([N+](=O)[O-])c1. The van der Waals surface area contributed by atoms with Gasteiger partial charge in [-0.15, -0.1) is 0 Å². The van der Waals surface area contributed by atoms with Crippen LogP contribution in [-0.2, 0) is 4.79 Å². The van der Waals surface area contributed by atoms with Crippen molar-refractivity contribution in [1.82, 2.24) is 10.2 Å². The van der Waals surface area contributed by atoms with Gasteiger partial charge in [0.2, 0.25) is 5.91 Å². The first-order valence-electron chi connectivity index (χ1n) is 7.49. The summed E-state index contributed by atoms with van der Waals surface area (Å²) in [5, 5.41) is 13.5. The van der Waals surface area contributed by atoms with Crippen molar-refractivity contribution in [2.75, 3.05) is 26.2 Å². The summed E-state index contributed by atoms with van der Waals surface area (Å²) < 4.78 is 0. The standard InChI is InChI=1S/C16H23N3O3/c1-3-18(4-2)12-6-11-17-16(20)10-9-14-7-5-8-15(13-14)19(21)22/h5,7-10,13H,3-4,6,11-12H2,1-2H3,(H,17,20)/b10-9+. The molecule has 0 aliphatic heterocycles. The molecule has 0 aliphatic rings. The van der Waals surface area contributed by atoms with Gasteiger partial charge in [0.1, 0.15) is 0 Å². The third kappa shape index (κ3) is 6.49. The monoisotopic (exact) mass is 305 g/mol. The van der Waals surface area contributed by atoms with Crippen molar-refractivity contribution >= 4 is 17.7 Å². The second-order valence-electron chi connectivity index (χ2n) is 4.86. The quantitative estimate of drug-likeness (QED) is 0.329. The fourth-order valence-electron chi connectivity index (χ4n) is 2.03. The Morgan fingerprint density at radius 2 is 2.09 bits per heavy atom. The molecular weight excluding hydrogens is 282 g/mol. The van der Waals surface area contributed by atoms with E-state index in [1.165, 1.54) is 18.2 Å². The van der Waals surface area contributed by atoms with E-state index < -0.39 is 4.92 Å². The largest absolute Gasteiger partial charge is 0.353 e. The number of carbonyl (C=O) groups is 1. The van der Waals surface area contributed by atoms with Gasteiger partial charge in [-0.25, -0.2) is 0 Å². The predicted molar refractivity (Wildman–Crippen MR) is 87.5 cm³/mol. The van der Waals surface area contributed by atoms with Crippen molar-refractivity contribution in [2.45, 2.75) is 20.3 Å². The minimum absolute atomic E-state index is 0.0155. The second-order valence-corrected chi connectivity index (χ2v) is 4.86. The molecule has 0 spiro atoms. The topological polar surface area (TPSA) is 75.5 Å². The number of nitro groups is 1. The molecule has 6 heteroatoms. The molecule has 1 amide bonds. The maximum atomic E-state index is 11.7. The van der Waals surface area contributed by atoms with E-state index in [4.69, 9.17) is 0 Å². The van der Waals surface area contributed by atoms with Gasteiger partial charge >= 0.3 is 0 Å². The lowest BCUT2D eigenvalue weighted by Crippen LogP contribution is -2.29. The summed E-state index contributed by atoms with van der Waals surface area (Å²) in [7, 11) is 0. The highest BCUT2D eigenvalue weighted by Crippen LogP contribution is 2.13. The molecular formula is C16H23N3O3. The fraction of sp³-hybridized carbons (Fsp3) is 0.438. The highest BCUT2D eigenvalue weighted by atomic mass is 16.6. The lowest BCUT2D eigenvalue weighted by molar-refractivity contribution is -0.384. The Hall–Kier alpha value is -2.21. The maximum Gasteiger partial charge on any atom is 0.270 e. The third-order valence-corrected chi connectivity index (χ3v) is 3.35. The summed E-state index contributed by atoms with van der Waals surface area (Å²) in [5.41, 5.74) is 0.647. The zero-order valence-electron chi connectivity index (χ0n) is 13.1. The molecule has 0 unspecified atom stereocenters. The predicted octanol–water partition coefficient (Wildman–Crippen LogP) is 2.46. The van der Waals surface area contributed by atoms with E-state index >= 15 is 0 Å². The van der Waals surface area contributed by atoms with E-state index in [2.05, 4.69) is 24.1 Å². The Morgan fingerprint density at radius 3 is 2.73 bits per heavy atom. The first kappa shape index (κ1) is 17.8. The van der Waals surface area contributed by atoms with Crippen molar-refractivity contribution < 1.29 is 9.72 Å². The Kier molecular flexibility index (Phi) is 7.85. The molecule has 0 aromatic heterocycles. The van der Waals surface area contributed by atoms with Crippen LogP contribution in [0.15, 0.2) is 30.3 Å². The molecule has 1 aromatic carbocycles. The Labute approximate surface area is 131 Å². The summed E-state index contributed by atoms with van der Waals surface area (Å²) in [5.74, 6) is -0.189. The molecule has 6 nitrogen and oxygen atoms in total. The average molecular weight is 305 g/mol. The highest BCUT2D eigenvalue weighted by molar-refractivity contribution is 5.91. The van der Waals surface area contributed by atoms with Crippen molar-refractivity contribution in [3.63, 3.8) is 0 Å². The molecule has 0 saturated heterocycles. The molecule has 120 valence electrons. The second kappa shape index (κ2) is 9.68. The van der Waals surface area contributed by atoms with Gasteiger partial charge in [-0.05, 0) is 37.7 Å². The summed E-state index contributed by atoms with van der Waals surface area (Å²) >= 11 is 0. The molecule has 0 fully saturated rings. The van der Waals surface area contributed by atoms with Gasteiger partial charge in [0.05, 0.1) is 4.92 Å². The maximum absolute atomic E-state index is 11.7. The molecule has 0 saturated carbocycles. The molecule has 0 aliphatic carbocycles. The number of benzene rings is 1. The van der Waals surface area contributed by atoms with E-state index in [9.17, 15) is 14.9 Å². The van der Waals surface area contributed by atoms with Crippen LogP contribution in [0.1, 0.15) is 25.8 Å². The van der Waals surface area contributed by atoms with Gasteiger partial charge in [-0.2, -0.15) is 0 Å². The number of non-ortho nitro benzene ring substituents is 1. The molecule has 1 aromatic rings. The van der Waals surface area contributed by atoms with E-state index in [0.29, 0.717) is 12.1 Å². The summed E-state index contributed by atoms with van der Waals surface area (Å²) in [6, 6.07) is 6.17. The number of amides is 1. The van der Waals surface area contributed by atoms with Crippen LogP contribution in [0, 0.1) is 10.1 Å². The van der Waals surface area contributed by atoms with E-state index in [1.54, 1.807) is 18.2 Å². The summed E-state index contributed by atoms with van der Waals surface area (Å²) in [6.45, 7) is 7.83. The molecule has 22 heavy (non-hydrogen) atoms. The molecule has 0 atom stereocenters. The van der Waals surface area contributed by atoms with Gasteiger partial charge in [0.15, 0.2) is 0 Å². The number of rotatable bonds is 9. The smallest absolute Gasteiger partial charge is 0.270 e. The fourth-order valence-corrected chi connectivity index (χ4v) is 2.03. The number of hydrogen-bond acceptors (Lipinski definition) is 4. The van der Waals surface area contributed by atoms with Crippen molar-refractivity contribution in [1.29, 1.82) is 0 Å². The van der Waals surface area contributed by atoms with Crippen molar-refractivity contribution in [2.24, 2.45) is 0 Å².